The first-order chi connectivity index (χ1) is 10.9. The lowest BCUT2D eigenvalue weighted by molar-refractivity contribution is -0.118. The fourth-order valence-electron chi connectivity index (χ4n) is 3.45. The molecule has 1 aromatic carbocycles. The van der Waals surface area contributed by atoms with Gasteiger partial charge in [-0.05, 0) is 61.9 Å². The molecular formula is C21H32ClNO. The minimum absolute atomic E-state index is 0. The van der Waals surface area contributed by atoms with E-state index in [-0.39, 0.29) is 18.3 Å². The van der Waals surface area contributed by atoms with Gasteiger partial charge < -0.3 is 4.90 Å². The van der Waals surface area contributed by atoms with Crippen LogP contribution in [0.5, 0.6) is 0 Å². The molecule has 2 atom stereocenters. The van der Waals surface area contributed by atoms with Gasteiger partial charge in [-0.3, -0.25) is 4.79 Å². The maximum atomic E-state index is 12.5. The van der Waals surface area contributed by atoms with Crippen molar-refractivity contribution >= 4 is 18.2 Å². The summed E-state index contributed by atoms with van der Waals surface area (Å²) in [5, 5.41) is 0. The number of hydrogen-bond acceptors (Lipinski definition) is 2. The van der Waals surface area contributed by atoms with Crippen molar-refractivity contribution in [2.24, 2.45) is 11.8 Å². The van der Waals surface area contributed by atoms with E-state index in [0.29, 0.717) is 17.6 Å². The first-order valence-electron chi connectivity index (χ1n) is 8.85. The molecule has 2 unspecified atom stereocenters. The van der Waals surface area contributed by atoms with E-state index in [1.807, 2.05) is 14.1 Å². The standard InChI is InChI=1S/C21H31NO.ClH/c1-15(2)12-17-6-8-18(9-7-17)16(3)13-19-10-11-20(21(19)23)14-22(4)5;/h6-9,13,15-16,20H,10-12,14H2,1-5H3;1H/b19-13+;. The normalized spacial score (nSPS) is 20.7. The molecule has 0 aromatic heterocycles. The first-order valence-corrected chi connectivity index (χ1v) is 8.85. The zero-order valence-electron chi connectivity index (χ0n) is 15.7. The van der Waals surface area contributed by atoms with Crippen LogP contribution < -0.4 is 0 Å². The third-order valence-electron chi connectivity index (χ3n) is 4.64. The van der Waals surface area contributed by atoms with E-state index >= 15 is 0 Å². The molecule has 24 heavy (non-hydrogen) atoms. The van der Waals surface area contributed by atoms with E-state index in [1.165, 1.54) is 11.1 Å². The summed E-state index contributed by atoms with van der Waals surface area (Å²) in [5.41, 5.74) is 3.73. The van der Waals surface area contributed by atoms with Gasteiger partial charge in [0.1, 0.15) is 0 Å². The number of carbonyl (C=O) groups is 1. The van der Waals surface area contributed by atoms with E-state index in [2.05, 4.69) is 56.0 Å². The molecule has 2 nitrogen and oxygen atoms in total. The molecule has 0 radical (unpaired) electrons. The highest BCUT2D eigenvalue weighted by molar-refractivity contribution is 5.99. The molecule has 0 spiro atoms. The van der Waals surface area contributed by atoms with Crippen LogP contribution in [0.1, 0.15) is 50.7 Å². The van der Waals surface area contributed by atoms with Crippen molar-refractivity contribution in [3.63, 3.8) is 0 Å². The average molecular weight is 350 g/mol. The fourth-order valence-corrected chi connectivity index (χ4v) is 3.45. The summed E-state index contributed by atoms with van der Waals surface area (Å²) in [6, 6.07) is 8.90. The number of allylic oxidation sites excluding steroid dienone is 2. The minimum Gasteiger partial charge on any atom is -0.309 e. The summed E-state index contributed by atoms with van der Waals surface area (Å²) in [4.78, 5) is 14.6. The summed E-state index contributed by atoms with van der Waals surface area (Å²) in [5.74, 6) is 1.55. The molecule has 0 aliphatic heterocycles. The quantitative estimate of drug-likeness (QED) is 0.682. The van der Waals surface area contributed by atoms with Crippen LogP contribution in [0.4, 0.5) is 0 Å². The Balaban J connectivity index is 0.00000288. The van der Waals surface area contributed by atoms with Crippen LogP contribution in [0.2, 0.25) is 0 Å². The Morgan fingerprint density at radius 2 is 1.79 bits per heavy atom. The van der Waals surface area contributed by atoms with Crippen LogP contribution >= 0.6 is 12.4 Å². The third-order valence-corrected chi connectivity index (χ3v) is 4.64. The SMILES string of the molecule is CC(C)Cc1ccc(C(C)/C=C2\CCC(CN(C)C)C2=O)cc1.Cl. The van der Waals surface area contributed by atoms with E-state index in [1.54, 1.807) is 0 Å². The zero-order valence-corrected chi connectivity index (χ0v) is 16.5. The maximum absolute atomic E-state index is 12.5. The predicted octanol–water partition coefficient (Wildman–Crippen LogP) is 4.88. The van der Waals surface area contributed by atoms with Crippen molar-refractivity contribution in [1.82, 2.24) is 4.90 Å². The van der Waals surface area contributed by atoms with E-state index in [4.69, 9.17) is 0 Å². The highest BCUT2D eigenvalue weighted by Crippen LogP contribution is 2.30. The van der Waals surface area contributed by atoms with Crippen LogP contribution in [0.3, 0.4) is 0 Å². The van der Waals surface area contributed by atoms with Crippen LogP contribution in [-0.4, -0.2) is 31.3 Å². The molecule has 2 rings (SSSR count). The average Bonchev–Trinajstić information content (AvgIpc) is 2.80. The third kappa shape index (κ3) is 5.75. The van der Waals surface area contributed by atoms with Crippen molar-refractivity contribution < 1.29 is 4.79 Å². The molecule has 134 valence electrons. The largest absolute Gasteiger partial charge is 0.309 e. The Bertz CT molecular complexity index is 560. The van der Waals surface area contributed by atoms with Gasteiger partial charge in [0.25, 0.3) is 0 Å². The van der Waals surface area contributed by atoms with E-state index in [9.17, 15) is 4.79 Å². The first kappa shape index (κ1) is 20.9. The Morgan fingerprint density at radius 3 is 2.33 bits per heavy atom. The molecule has 1 saturated carbocycles. The zero-order chi connectivity index (χ0) is 17.0. The predicted molar refractivity (Wildman–Crippen MR) is 105 cm³/mol. The minimum atomic E-state index is 0. The van der Waals surface area contributed by atoms with Gasteiger partial charge >= 0.3 is 0 Å². The summed E-state index contributed by atoms with van der Waals surface area (Å²) >= 11 is 0. The smallest absolute Gasteiger partial charge is 0.162 e. The molecule has 1 aliphatic carbocycles. The molecule has 1 fully saturated rings. The van der Waals surface area contributed by atoms with Crippen LogP contribution in [0, 0.1) is 11.8 Å². The highest BCUT2D eigenvalue weighted by Gasteiger charge is 2.29. The monoisotopic (exact) mass is 349 g/mol. The molecule has 3 heteroatoms. The van der Waals surface area contributed by atoms with Crippen LogP contribution in [0.25, 0.3) is 0 Å². The number of Topliss-reactive ketones (excluding diaryl/α,β-unsaturated/α-hetero) is 1. The van der Waals surface area contributed by atoms with Crippen molar-refractivity contribution in [3.05, 3.63) is 47.0 Å². The summed E-state index contributed by atoms with van der Waals surface area (Å²) in [6.45, 7) is 7.55. The van der Waals surface area contributed by atoms with E-state index < -0.39 is 0 Å². The van der Waals surface area contributed by atoms with Gasteiger partial charge in [0, 0.05) is 12.5 Å². The topological polar surface area (TPSA) is 20.3 Å². The van der Waals surface area contributed by atoms with Crippen molar-refractivity contribution in [3.8, 4) is 0 Å². The van der Waals surface area contributed by atoms with Crippen molar-refractivity contribution in [1.29, 1.82) is 0 Å². The van der Waals surface area contributed by atoms with E-state index in [0.717, 1.165) is 31.4 Å². The molecule has 0 N–H and O–H groups in total. The molecule has 0 saturated heterocycles. The number of benzene rings is 1. The Kier molecular flexibility index (Phi) is 8.18. The van der Waals surface area contributed by atoms with Gasteiger partial charge in [0.15, 0.2) is 5.78 Å². The number of rotatable bonds is 6. The second kappa shape index (κ2) is 9.39. The van der Waals surface area contributed by atoms with Crippen LogP contribution in [-0.2, 0) is 11.2 Å². The van der Waals surface area contributed by atoms with Gasteiger partial charge in [-0.15, -0.1) is 12.4 Å². The number of halogens is 1. The van der Waals surface area contributed by atoms with Gasteiger partial charge in [0.2, 0.25) is 0 Å². The molecule has 0 amide bonds. The second-order valence-electron chi connectivity index (χ2n) is 7.68. The molecule has 1 aromatic rings. The second-order valence-corrected chi connectivity index (χ2v) is 7.68. The summed E-state index contributed by atoms with van der Waals surface area (Å²) in [7, 11) is 4.08. The number of hydrogen-bond donors (Lipinski definition) is 0. The summed E-state index contributed by atoms with van der Waals surface area (Å²) < 4.78 is 0. The fraction of sp³-hybridized carbons (Fsp3) is 0.571. The Hall–Kier alpha value is -1.12. The van der Waals surface area contributed by atoms with Crippen LogP contribution in [0.15, 0.2) is 35.9 Å². The lowest BCUT2D eigenvalue weighted by Gasteiger charge is -2.14. The van der Waals surface area contributed by atoms with Crippen molar-refractivity contribution in [2.75, 3.05) is 20.6 Å². The lowest BCUT2D eigenvalue weighted by Crippen LogP contribution is -2.24. The molecular weight excluding hydrogens is 318 g/mol. The maximum Gasteiger partial charge on any atom is 0.162 e. The van der Waals surface area contributed by atoms with Gasteiger partial charge in [0.05, 0.1) is 0 Å². The van der Waals surface area contributed by atoms with Gasteiger partial charge in [-0.2, -0.15) is 0 Å². The summed E-state index contributed by atoms with van der Waals surface area (Å²) in [6.07, 6.45) is 5.26. The lowest BCUT2D eigenvalue weighted by atomic mass is 9.94. The number of nitrogens with zero attached hydrogens (tertiary/aromatic N) is 1. The number of carbonyl (C=O) groups excluding carboxylic acids is 1. The highest BCUT2D eigenvalue weighted by atomic mass is 35.5. The molecule has 1 aliphatic rings. The van der Waals surface area contributed by atoms with Gasteiger partial charge in [-0.25, -0.2) is 0 Å². The van der Waals surface area contributed by atoms with Crippen molar-refractivity contribution in [2.45, 2.75) is 46.0 Å². The molecule has 0 bridgehead atoms. The Labute approximate surface area is 153 Å². The molecule has 0 heterocycles. The van der Waals surface area contributed by atoms with Gasteiger partial charge in [-0.1, -0.05) is 51.1 Å². The Morgan fingerprint density at radius 1 is 1.17 bits per heavy atom. The number of ketones is 1.